The fraction of sp³-hybridized carbons (Fsp3) is 0.733. The van der Waals surface area contributed by atoms with Crippen LogP contribution in [0.3, 0.4) is 0 Å². The van der Waals surface area contributed by atoms with Gasteiger partial charge in [0.05, 0.1) is 22.7 Å². The summed E-state index contributed by atoms with van der Waals surface area (Å²) in [6, 6.07) is 5.38. The van der Waals surface area contributed by atoms with E-state index >= 15 is 0 Å². The SMILES string of the molecule is CCOC(=O)[C@]1(C)CCC[C@@]2(C)[C@@H]3CC[C@@]4(C)C[C@]3(CC[C@@H]21)[C@H](CO)[C@H]4NC(=S)Nc1ccc(Cl)cc1Cl. The van der Waals surface area contributed by atoms with Crippen LogP contribution in [0.2, 0.25) is 10.0 Å². The third-order valence-corrected chi connectivity index (χ3v) is 12.2. The predicted molar refractivity (Wildman–Crippen MR) is 157 cm³/mol. The van der Waals surface area contributed by atoms with E-state index in [2.05, 4.69) is 31.4 Å². The van der Waals surface area contributed by atoms with Crippen molar-refractivity contribution in [3.63, 3.8) is 0 Å². The Morgan fingerprint density at radius 1 is 1.13 bits per heavy atom. The first-order valence-corrected chi connectivity index (χ1v) is 15.4. The molecule has 1 spiro atoms. The Balaban J connectivity index is 1.42. The molecule has 4 saturated carbocycles. The molecule has 1 aromatic rings. The van der Waals surface area contributed by atoms with Crippen LogP contribution in [-0.2, 0) is 9.53 Å². The number of hydrogen-bond acceptors (Lipinski definition) is 4. The fourth-order valence-corrected chi connectivity index (χ4v) is 10.7. The van der Waals surface area contributed by atoms with Gasteiger partial charge in [0.2, 0.25) is 0 Å². The average molecular weight is 582 g/mol. The summed E-state index contributed by atoms with van der Waals surface area (Å²) in [5.74, 6) is 0.847. The average Bonchev–Trinajstić information content (AvgIpc) is 3.01. The summed E-state index contributed by atoms with van der Waals surface area (Å²) in [4.78, 5) is 13.3. The number of thiocarbonyl (C=S) groups is 1. The van der Waals surface area contributed by atoms with Crippen molar-refractivity contribution in [1.29, 1.82) is 0 Å². The number of aliphatic hydroxyl groups is 1. The summed E-state index contributed by atoms with van der Waals surface area (Å²) in [6.07, 6.45) is 8.42. The van der Waals surface area contributed by atoms with Crippen molar-refractivity contribution in [2.45, 2.75) is 85.1 Å². The number of aliphatic hydroxyl groups excluding tert-OH is 1. The molecule has 8 atom stereocenters. The minimum absolute atomic E-state index is 0.0190. The fourth-order valence-electron chi connectivity index (χ4n) is 10.0. The van der Waals surface area contributed by atoms with Crippen LogP contribution in [-0.4, -0.2) is 35.4 Å². The van der Waals surface area contributed by atoms with E-state index < -0.39 is 5.41 Å². The highest BCUT2D eigenvalue weighted by atomic mass is 35.5. The summed E-state index contributed by atoms with van der Waals surface area (Å²) >= 11 is 18.2. The van der Waals surface area contributed by atoms with Gasteiger partial charge in [-0.1, -0.05) is 43.5 Å². The van der Waals surface area contributed by atoms with Gasteiger partial charge in [0.25, 0.3) is 0 Å². The second-order valence-corrected chi connectivity index (χ2v) is 14.5. The molecule has 4 aliphatic carbocycles. The number of halogens is 2. The van der Waals surface area contributed by atoms with Crippen LogP contribution in [0, 0.1) is 39.4 Å². The van der Waals surface area contributed by atoms with E-state index in [0.717, 1.165) is 51.4 Å². The molecule has 4 aliphatic rings. The molecule has 3 N–H and O–H groups in total. The van der Waals surface area contributed by atoms with E-state index in [1.54, 1.807) is 12.1 Å². The number of ether oxygens (including phenoxy) is 1. The van der Waals surface area contributed by atoms with Crippen molar-refractivity contribution < 1.29 is 14.6 Å². The summed E-state index contributed by atoms with van der Waals surface area (Å²) in [5, 5.41) is 19.5. The van der Waals surface area contributed by atoms with E-state index in [1.165, 1.54) is 0 Å². The number of rotatable bonds is 5. The van der Waals surface area contributed by atoms with Crippen LogP contribution >= 0.6 is 35.4 Å². The molecule has 1 aromatic carbocycles. The van der Waals surface area contributed by atoms with Crippen molar-refractivity contribution in [2.75, 3.05) is 18.5 Å². The van der Waals surface area contributed by atoms with E-state index in [4.69, 9.17) is 40.2 Å². The molecule has 210 valence electrons. The minimum Gasteiger partial charge on any atom is -0.466 e. The van der Waals surface area contributed by atoms with Gasteiger partial charge < -0.3 is 20.5 Å². The summed E-state index contributed by atoms with van der Waals surface area (Å²) < 4.78 is 5.63. The van der Waals surface area contributed by atoms with Gasteiger partial charge in [-0.05, 0) is 117 Å². The zero-order chi connectivity index (χ0) is 27.5. The number of anilines is 1. The van der Waals surface area contributed by atoms with E-state index in [1.807, 2.05) is 13.0 Å². The molecule has 0 heterocycles. The molecule has 0 aliphatic heterocycles. The van der Waals surface area contributed by atoms with Crippen molar-refractivity contribution in [2.24, 2.45) is 39.4 Å². The maximum absolute atomic E-state index is 13.3. The number of benzene rings is 1. The van der Waals surface area contributed by atoms with Crippen LogP contribution in [0.25, 0.3) is 0 Å². The highest BCUT2D eigenvalue weighted by Crippen LogP contribution is 2.75. The standard InChI is InChI=1S/C30H42Cl2N2O3S/c1-5-37-25(36)29(4)12-6-11-28(3)22(29)10-14-30-17-27(2,13-9-23(28)30)24(19(30)16-35)34-26(38)33-21-8-7-18(31)15-20(21)32/h7-8,15,19,22-24,35H,5-6,9-14,16-17H2,1-4H3,(H2,33,34,38)/t19-,22+,23+,24-,27+,28-,29-,30-/m1/s1. The molecule has 5 nitrogen and oxygen atoms in total. The molecule has 0 unspecified atom stereocenters. The van der Waals surface area contributed by atoms with Gasteiger partial charge in [0.1, 0.15) is 0 Å². The maximum atomic E-state index is 13.3. The molecule has 38 heavy (non-hydrogen) atoms. The Hall–Kier alpha value is -1.08. The Bertz CT molecular complexity index is 1120. The second kappa shape index (κ2) is 10.1. The summed E-state index contributed by atoms with van der Waals surface area (Å²) in [5.41, 5.74) is 0.397. The zero-order valence-corrected chi connectivity index (χ0v) is 25.4. The first-order chi connectivity index (χ1) is 17.9. The Kier molecular flexibility index (Phi) is 7.55. The molecule has 0 saturated heterocycles. The third-order valence-electron chi connectivity index (χ3n) is 11.4. The predicted octanol–water partition coefficient (Wildman–Crippen LogP) is 7.23. The lowest BCUT2D eigenvalue weighted by molar-refractivity contribution is -0.193. The first kappa shape index (κ1) is 28.4. The molecule has 0 radical (unpaired) electrons. The third kappa shape index (κ3) is 4.28. The van der Waals surface area contributed by atoms with Crippen molar-refractivity contribution in [3.05, 3.63) is 28.2 Å². The van der Waals surface area contributed by atoms with E-state index in [9.17, 15) is 9.90 Å². The number of carbonyl (C=O) groups is 1. The molecule has 2 bridgehead atoms. The van der Waals surface area contributed by atoms with Gasteiger partial charge in [0, 0.05) is 23.6 Å². The van der Waals surface area contributed by atoms with Gasteiger partial charge in [-0.2, -0.15) is 0 Å². The second-order valence-electron chi connectivity index (χ2n) is 13.2. The molecular formula is C30H42Cl2N2O3S. The van der Waals surface area contributed by atoms with Crippen molar-refractivity contribution in [3.8, 4) is 0 Å². The number of fused-ring (bicyclic) bond motifs is 3. The smallest absolute Gasteiger partial charge is 0.312 e. The molecule has 5 rings (SSSR count). The highest BCUT2D eigenvalue weighted by Gasteiger charge is 2.71. The van der Waals surface area contributed by atoms with Crippen LogP contribution in [0.5, 0.6) is 0 Å². The molecule has 0 amide bonds. The Labute approximate surface area is 242 Å². The van der Waals surface area contributed by atoms with Gasteiger partial charge in [-0.25, -0.2) is 0 Å². The lowest BCUT2D eigenvalue weighted by atomic mass is 9.39. The number of esters is 1. The van der Waals surface area contributed by atoms with Crippen molar-refractivity contribution >= 4 is 52.2 Å². The number of carbonyl (C=O) groups excluding carboxylic acids is 1. The van der Waals surface area contributed by atoms with Crippen molar-refractivity contribution in [1.82, 2.24) is 5.32 Å². The summed E-state index contributed by atoms with van der Waals surface area (Å²) in [7, 11) is 0. The number of hydrogen-bond donors (Lipinski definition) is 3. The quantitative estimate of drug-likeness (QED) is 0.252. The van der Waals surface area contributed by atoms with E-state index in [0.29, 0.717) is 39.3 Å². The molecule has 0 aromatic heterocycles. The monoisotopic (exact) mass is 580 g/mol. The largest absolute Gasteiger partial charge is 0.466 e. The Morgan fingerprint density at radius 3 is 2.55 bits per heavy atom. The van der Waals surface area contributed by atoms with Crippen LogP contribution < -0.4 is 10.6 Å². The molecule has 4 fully saturated rings. The molecular weight excluding hydrogens is 539 g/mol. The normalized spacial score (nSPS) is 41.6. The van der Waals surface area contributed by atoms with Crippen LogP contribution in [0.4, 0.5) is 5.69 Å². The topological polar surface area (TPSA) is 70.6 Å². The summed E-state index contributed by atoms with van der Waals surface area (Å²) in [6.45, 7) is 9.44. The lowest BCUT2D eigenvalue weighted by Gasteiger charge is -2.65. The highest BCUT2D eigenvalue weighted by molar-refractivity contribution is 7.80. The number of nitrogens with one attached hydrogen (secondary N) is 2. The van der Waals surface area contributed by atoms with Crippen LogP contribution in [0.1, 0.15) is 79.1 Å². The molecule has 8 heteroatoms. The van der Waals surface area contributed by atoms with Gasteiger partial charge in [-0.15, -0.1) is 0 Å². The zero-order valence-electron chi connectivity index (χ0n) is 23.0. The minimum atomic E-state index is -0.431. The van der Waals surface area contributed by atoms with E-state index in [-0.39, 0.29) is 40.8 Å². The lowest BCUT2D eigenvalue weighted by Crippen LogP contribution is -2.60. The first-order valence-electron chi connectivity index (χ1n) is 14.2. The van der Waals surface area contributed by atoms with Gasteiger partial charge in [-0.3, -0.25) is 4.79 Å². The maximum Gasteiger partial charge on any atom is 0.312 e. The van der Waals surface area contributed by atoms with Crippen LogP contribution in [0.15, 0.2) is 18.2 Å². The Morgan fingerprint density at radius 2 is 1.87 bits per heavy atom. The van der Waals surface area contributed by atoms with Gasteiger partial charge in [0.15, 0.2) is 5.11 Å². The van der Waals surface area contributed by atoms with Gasteiger partial charge >= 0.3 is 5.97 Å².